The van der Waals surface area contributed by atoms with Crippen LogP contribution in [-0.2, 0) is 6.61 Å². The Morgan fingerprint density at radius 1 is 1.19 bits per heavy atom. The molecule has 0 spiro atoms. The molecule has 0 atom stereocenters. The van der Waals surface area contributed by atoms with E-state index in [1.54, 1.807) is 30.3 Å². The van der Waals surface area contributed by atoms with E-state index in [1.807, 2.05) is 25.1 Å². The van der Waals surface area contributed by atoms with E-state index in [2.05, 4.69) is 5.32 Å². The Morgan fingerprint density at radius 2 is 2.05 bits per heavy atom. The average Bonchev–Trinajstić information content (AvgIpc) is 2.90. The van der Waals surface area contributed by atoms with Crippen molar-refractivity contribution in [1.29, 1.82) is 0 Å². The predicted octanol–water partition coefficient (Wildman–Crippen LogP) is 3.49. The van der Waals surface area contributed by atoms with Crippen LogP contribution in [0.1, 0.15) is 21.7 Å². The van der Waals surface area contributed by atoms with Crippen LogP contribution in [-0.4, -0.2) is 11.0 Å². The fourth-order valence-electron chi connectivity index (χ4n) is 2.21. The van der Waals surface area contributed by atoms with Crippen molar-refractivity contribution in [2.45, 2.75) is 13.5 Å². The third-order valence-electron chi connectivity index (χ3n) is 3.26. The van der Waals surface area contributed by atoms with Gasteiger partial charge in [0.1, 0.15) is 5.58 Å². The fourth-order valence-corrected chi connectivity index (χ4v) is 2.21. The smallest absolute Gasteiger partial charge is 0.291 e. The number of hydrogen-bond acceptors (Lipinski definition) is 3. The molecule has 4 nitrogen and oxygen atoms in total. The number of benzene rings is 2. The fraction of sp³-hybridized carbons (Fsp3) is 0.118. The summed E-state index contributed by atoms with van der Waals surface area (Å²) in [7, 11) is 0. The van der Waals surface area contributed by atoms with Crippen molar-refractivity contribution in [1.82, 2.24) is 0 Å². The number of aryl methyl sites for hydroxylation is 1. The molecular weight excluding hydrogens is 266 g/mol. The largest absolute Gasteiger partial charge is 0.451 e. The molecule has 3 aromatic rings. The molecule has 0 radical (unpaired) electrons. The third kappa shape index (κ3) is 2.80. The summed E-state index contributed by atoms with van der Waals surface area (Å²) in [4.78, 5) is 12.2. The lowest BCUT2D eigenvalue weighted by Gasteiger charge is -2.04. The van der Waals surface area contributed by atoms with E-state index in [9.17, 15) is 4.79 Å². The first-order valence-corrected chi connectivity index (χ1v) is 6.67. The highest BCUT2D eigenvalue weighted by molar-refractivity contribution is 6.04. The third-order valence-corrected chi connectivity index (χ3v) is 3.26. The maximum Gasteiger partial charge on any atom is 0.291 e. The number of hydrogen-bond donors (Lipinski definition) is 2. The quantitative estimate of drug-likeness (QED) is 0.772. The molecule has 2 N–H and O–H groups in total. The molecule has 0 aliphatic carbocycles. The highest BCUT2D eigenvalue weighted by atomic mass is 16.3. The van der Waals surface area contributed by atoms with Gasteiger partial charge in [-0.2, -0.15) is 0 Å². The SMILES string of the molecule is Cc1ccc2oc(C(=O)Nc3cccc(CO)c3)cc2c1. The first kappa shape index (κ1) is 13.4. The van der Waals surface area contributed by atoms with Gasteiger partial charge >= 0.3 is 0 Å². The van der Waals surface area contributed by atoms with Gasteiger partial charge in [-0.15, -0.1) is 0 Å². The van der Waals surface area contributed by atoms with Crippen LogP contribution in [0.5, 0.6) is 0 Å². The first-order chi connectivity index (χ1) is 10.2. The van der Waals surface area contributed by atoms with E-state index < -0.39 is 0 Å². The molecule has 0 aliphatic rings. The lowest BCUT2D eigenvalue weighted by Crippen LogP contribution is -2.10. The predicted molar refractivity (Wildman–Crippen MR) is 81.3 cm³/mol. The molecule has 21 heavy (non-hydrogen) atoms. The zero-order valence-electron chi connectivity index (χ0n) is 11.6. The molecule has 0 unspecified atom stereocenters. The van der Waals surface area contributed by atoms with E-state index >= 15 is 0 Å². The molecule has 0 saturated carbocycles. The minimum Gasteiger partial charge on any atom is -0.451 e. The molecular formula is C17H15NO3. The zero-order valence-corrected chi connectivity index (χ0v) is 11.6. The molecule has 4 heteroatoms. The van der Waals surface area contributed by atoms with Gasteiger partial charge in [-0.3, -0.25) is 4.79 Å². The number of carbonyl (C=O) groups is 1. The Hall–Kier alpha value is -2.59. The Kier molecular flexibility index (Phi) is 3.46. The number of rotatable bonds is 3. The maximum absolute atomic E-state index is 12.2. The van der Waals surface area contributed by atoms with Gasteiger partial charge in [0.2, 0.25) is 0 Å². The van der Waals surface area contributed by atoms with Gasteiger partial charge in [0.15, 0.2) is 5.76 Å². The normalized spacial score (nSPS) is 10.8. The maximum atomic E-state index is 12.2. The number of nitrogens with one attached hydrogen (secondary N) is 1. The molecule has 0 fully saturated rings. The summed E-state index contributed by atoms with van der Waals surface area (Å²) >= 11 is 0. The summed E-state index contributed by atoms with van der Waals surface area (Å²) < 4.78 is 5.55. The Labute approximate surface area is 122 Å². The van der Waals surface area contributed by atoms with Gasteiger partial charge in [0.25, 0.3) is 5.91 Å². The average molecular weight is 281 g/mol. The first-order valence-electron chi connectivity index (χ1n) is 6.67. The number of aliphatic hydroxyl groups is 1. The minimum atomic E-state index is -0.307. The standard InChI is InChI=1S/C17H15NO3/c1-11-5-6-15-13(7-11)9-16(21-15)17(20)18-14-4-2-3-12(8-14)10-19/h2-9,19H,10H2,1H3,(H,18,20). The Bertz CT molecular complexity index is 805. The lowest BCUT2D eigenvalue weighted by atomic mass is 10.2. The highest BCUT2D eigenvalue weighted by Crippen LogP contribution is 2.21. The molecule has 2 aromatic carbocycles. The van der Waals surface area contributed by atoms with Gasteiger partial charge < -0.3 is 14.8 Å². The van der Waals surface area contributed by atoms with Crippen molar-refractivity contribution in [3.63, 3.8) is 0 Å². The van der Waals surface area contributed by atoms with Crippen molar-refractivity contribution in [2.75, 3.05) is 5.32 Å². The van der Waals surface area contributed by atoms with Crippen molar-refractivity contribution in [3.05, 3.63) is 65.4 Å². The van der Waals surface area contributed by atoms with Crippen LogP contribution in [0.4, 0.5) is 5.69 Å². The number of aliphatic hydroxyl groups excluding tert-OH is 1. The van der Waals surface area contributed by atoms with Crippen LogP contribution < -0.4 is 5.32 Å². The Morgan fingerprint density at radius 3 is 2.86 bits per heavy atom. The van der Waals surface area contributed by atoms with Crippen LogP contribution in [0.2, 0.25) is 0 Å². The number of fused-ring (bicyclic) bond motifs is 1. The van der Waals surface area contributed by atoms with Gasteiger partial charge in [0, 0.05) is 11.1 Å². The van der Waals surface area contributed by atoms with Crippen molar-refractivity contribution >= 4 is 22.6 Å². The van der Waals surface area contributed by atoms with Gasteiger partial charge in [-0.1, -0.05) is 23.8 Å². The van der Waals surface area contributed by atoms with Crippen LogP contribution in [0.15, 0.2) is 52.9 Å². The van der Waals surface area contributed by atoms with E-state index in [-0.39, 0.29) is 18.3 Å². The number of carbonyl (C=O) groups excluding carboxylic acids is 1. The molecule has 1 aromatic heterocycles. The number of amides is 1. The van der Waals surface area contributed by atoms with Crippen LogP contribution in [0, 0.1) is 6.92 Å². The van der Waals surface area contributed by atoms with Crippen LogP contribution in [0.3, 0.4) is 0 Å². The van der Waals surface area contributed by atoms with E-state index in [0.29, 0.717) is 11.3 Å². The zero-order chi connectivity index (χ0) is 14.8. The second kappa shape index (κ2) is 5.42. The summed E-state index contributed by atoms with van der Waals surface area (Å²) in [5.74, 6) is -0.0380. The second-order valence-corrected chi connectivity index (χ2v) is 4.96. The van der Waals surface area contributed by atoms with Gasteiger partial charge in [-0.25, -0.2) is 0 Å². The summed E-state index contributed by atoms with van der Waals surface area (Å²) in [5, 5.41) is 12.8. The van der Waals surface area contributed by atoms with Crippen molar-refractivity contribution in [3.8, 4) is 0 Å². The minimum absolute atomic E-state index is 0.0619. The molecule has 3 rings (SSSR count). The van der Waals surface area contributed by atoms with Crippen LogP contribution >= 0.6 is 0 Å². The molecule has 0 aliphatic heterocycles. The van der Waals surface area contributed by atoms with Crippen molar-refractivity contribution < 1.29 is 14.3 Å². The molecule has 106 valence electrons. The van der Waals surface area contributed by atoms with E-state index in [4.69, 9.17) is 9.52 Å². The topological polar surface area (TPSA) is 62.5 Å². The number of anilines is 1. The van der Waals surface area contributed by atoms with Crippen LogP contribution in [0.25, 0.3) is 11.0 Å². The monoisotopic (exact) mass is 281 g/mol. The van der Waals surface area contributed by atoms with Gasteiger partial charge in [0.05, 0.1) is 6.61 Å². The summed E-state index contributed by atoms with van der Waals surface area (Å²) in [5.41, 5.74) is 3.18. The van der Waals surface area contributed by atoms with Crippen molar-refractivity contribution in [2.24, 2.45) is 0 Å². The highest BCUT2D eigenvalue weighted by Gasteiger charge is 2.12. The van der Waals surface area contributed by atoms with Gasteiger partial charge in [-0.05, 0) is 42.8 Å². The number of furan rings is 1. The molecule has 0 saturated heterocycles. The lowest BCUT2D eigenvalue weighted by molar-refractivity contribution is 0.0998. The molecule has 1 amide bonds. The van der Waals surface area contributed by atoms with E-state index in [1.165, 1.54) is 0 Å². The Balaban J connectivity index is 1.86. The summed E-state index contributed by atoms with van der Waals surface area (Å²) in [6.45, 7) is 1.93. The molecule has 1 heterocycles. The van der Waals surface area contributed by atoms with E-state index in [0.717, 1.165) is 16.5 Å². The summed E-state index contributed by atoms with van der Waals surface area (Å²) in [6, 6.07) is 14.6. The summed E-state index contributed by atoms with van der Waals surface area (Å²) in [6.07, 6.45) is 0. The molecule has 0 bridgehead atoms. The second-order valence-electron chi connectivity index (χ2n) is 4.96.